The maximum absolute atomic E-state index is 12.4. The van der Waals surface area contributed by atoms with Crippen molar-refractivity contribution in [3.05, 3.63) is 0 Å². The SMILES string of the molecule is CC(N)C(=O)NC(C(=O)NCC(O)CP(=O)(O)CC1CCCCC1)C(C)C. The van der Waals surface area contributed by atoms with Gasteiger partial charge in [0.05, 0.1) is 18.3 Å². The first-order valence-electron chi connectivity index (χ1n) is 9.84. The second-order valence-electron chi connectivity index (χ2n) is 8.13. The Kier molecular flexibility index (Phi) is 9.95. The highest BCUT2D eigenvalue weighted by molar-refractivity contribution is 7.58. The molecule has 0 bridgehead atoms. The maximum atomic E-state index is 12.4. The average molecular weight is 405 g/mol. The van der Waals surface area contributed by atoms with Gasteiger partial charge in [-0.3, -0.25) is 14.2 Å². The highest BCUT2D eigenvalue weighted by Gasteiger charge is 2.29. The quantitative estimate of drug-likeness (QED) is 0.340. The minimum absolute atomic E-state index is 0.134. The lowest BCUT2D eigenvalue weighted by molar-refractivity contribution is -0.130. The predicted octanol–water partition coefficient (Wildman–Crippen LogP) is 0.802. The zero-order valence-electron chi connectivity index (χ0n) is 16.7. The standard InChI is InChI=1S/C18H36N3O5P/c1-12(2)16(21-17(23)13(3)19)18(24)20-9-15(22)11-27(25,26)10-14-7-5-4-6-8-14/h12-16,22H,4-11,19H2,1-3H3,(H,20,24)(H,21,23)(H,25,26). The average Bonchev–Trinajstić information content (AvgIpc) is 2.56. The van der Waals surface area contributed by atoms with Gasteiger partial charge in [0, 0.05) is 12.7 Å². The lowest BCUT2D eigenvalue weighted by Crippen LogP contribution is -2.54. The summed E-state index contributed by atoms with van der Waals surface area (Å²) in [7, 11) is -3.44. The summed E-state index contributed by atoms with van der Waals surface area (Å²) in [5.41, 5.74) is 5.51. The van der Waals surface area contributed by atoms with Crippen LogP contribution < -0.4 is 16.4 Å². The van der Waals surface area contributed by atoms with Gasteiger partial charge in [-0.25, -0.2) is 0 Å². The molecule has 0 radical (unpaired) electrons. The largest absolute Gasteiger partial charge is 0.391 e. The van der Waals surface area contributed by atoms with Crippen LogP contribution in [-0.2, 0) is 14.2 Å². The summed E-state index contributed by atoms with van der Waals surface area (Å²) < 4.78 is 12.4. The van der Waals surface area contributed by atoms with Crippen molar-refractivity contribution < 1.29 is 24.2 Å². The summed E-state index contributed by atoms with van der Waals surface area (Å²) in [5.74, 6) is -0.801. The zero-order valence-corrected chi connectivity index (χ0v) is 17.6. The van der Waals surface area contributed by atoms with Gasteiger partial charge in [-0.15, -0.1) is 0 Å². The number of aliphatic hydroxyl groups is 1. The van der Waals surface area contributed by atoms with E-state index < -0.39 is 37.4 Å². The van der Waals surface area contributed by atoms with Crippen molar-refractivity contribution in [2.45, 2.75) is 71.1 Å². The smallest absolute Gasteiger partial charge is 0.242 e. The third kappa shape index (κ3) is 9.19. The number of hydrogen-bond acceptors (Lipinski definition) is 5. The van der Waals surface area contributed by atoms with Gasteiger partial charge in [0.25, 0.3) is 0 Å². The predicted molar refractivity (Wildman–Crippen MR) is 106 cm³/mol. The molecule has 1 fully saturated rings. The molecule has 6 N–H and O–H groups in total. The molecule has 158 valence electrons. The number of amides is 2. The minimum Gasteiger partial charge on any atom is -0.391 e. The van der Waals surface area contributed by atoms with Crippen LogP contribution in [0, 0.1) is 11.8 Å². The first kappa shape index (κ1) is 24.1. The Balaban J connectivity index is 2.48. The van der Waals surface area contributed by atoms with Crippen LogP contribution in [0.5, 0.6) is 0 Å². The van der Waals surface area contributed by atoms with Gasteiger partial charge in [-0.1, -0.05) is 33.1 Å². The van der Waals surface area contributed by atoms with Crippen molar-refractivity contribution in [1.29, 1.82) is 0 Å². The van der Waals surface area contributed by atoms with Crippen LogP contribution in [0.4, 0.5) is 0 Å². The number of nitrogens with one attached hydrogen (secondary N) is 2. The molecule has 27 heavy (non-hydrogen) atoms. The molecule has 0 aromatic rings. The maximum Gasteiger partial charge on any atom is 0.242 e. The topological polar surface area (TPSA) is 142 Å². The van der Waals surface area contributed by atoms with Gasteiger partial charge in [-0.05, 0) is 31.6 Å². The molecule has 0 aromatic heterocycles. The number of carbonyl (C=O) groups is 2. The second kappa shape index (κ2) is 11.1. The highest BCUT2D eigenvalue weighted by atomic mass is 31.2. The number of nitrogens with two attached hydrogens (primary N) is 1. The molecule has 9 heteroatoms. The molecule has 1 saturated carbocycles. The van der Waals surface area contributed by atoms with Crippen LogP contribution >= 0.6 is 7.37 Å². The van der Waals surface area contributed by atoms with E-state index in [0.717, 1.165) is 25.7 Å². The highest BCUT2D eigenvalue weighted by Crippen LogP contribution is 2.45. The molecule has 1 aliphatic rings. The summed E-state index contributed by atoms with van der Waals surface area (Å²) in [5, 5.41) is 15.2. The van der Waals surface area contributed by atoms with E-state index in [1.807, 2.05) is 0 Å². The minimum atomic E-state index is -3.44. The van der Waals surface area contributed by atoms with E-state index in [4.69, 9.17) is 5.73 Å². The lowest BCUT2D eigenvalue weighted by Gasteiger charge is -2.26. The Morgan fingerprint density at radius 3 is 2.26 bits per heavy atom. The Morgan fingerprint density at radius 2 is 1.74 bits per heavy atom. The molecule has 4 unspecified atom stereocenters. The zero-order chi connectivity index (χ0) is 20.6. The monoisotopic (exact) mass is 405 g/mol. The molecular weight excluding hydrogens is 369 g/mol. The van der Waals surface area contributed by atoms with E-state index in [9.17, 15) is 24.2 Å². The summed E-state index contributed by atoms with van der Waals surface area (Å²) in [6.07, 6.45) is 4.18. The molecule has 0 saturated heterocycles. The van der Waals surface area contributed by atoms with Gasteiger partial charge in [0.1, 0.15) is 6.04 Å². The summed E-state index contributed by atoms with van der Waals surface area (Å²) in [6.45, 7) is 4.97. The van der Waals surface area contributed by atoms with Crippen molar-refractivity contribution in [3.63, 3.8) is 0 Å². The van der Waals surface area contributed by atoms with Crippen molar-refractivity contribution in [1.82, 2.24) is 10.6 Å². The van der Waals surface area contributed by atoms with Gasteiger partial charge in [-0.2, -0.15) is 0 Å². The molecule has 0 aromatic carbocycles. The molecule has 1 rings (SSSR count). The number of hydrogen-bond donors (Lipinski definition) is 5. The van der Waals surface area contributed by atoms with E-state index in [1.54, 1.807) is 13.8 Å². The van der Waals surface area contributed by atoms with Crippen LogP contribution in [0.1, 0.15) is 52.9 Å². The molecule has 4 atom stereocenters. The van der Waals surface area contributed by atoms with Gasteiger partial charge in [0.15, 0.2) is 0 Å². The van der Waals surface area contributed by atoms with Gasteiger partial charge < -0.3 is 26.4 Å². The van der Waals surface area contributed by atoms with E-state index in [0.29, 0.717) is 0 Å². The number of aliphatic hydroxyl groups excluding tert-OH is 1. The van der Waals surface area contributed by atoms with Crippen molar-refractivity contribution in [2.24, 2.45) is 17.6 Å². The summed E-state index contributed by atoms with van der Waals surface area (Å²) >= 11 is 0. The first-order valence-corrected chi connectivity index (χ1v) is 11.9. The molecule has 2 amide bonds. The van der Waals surface area contributed by atoms with Crippen molar-refractivity contribution in [2.75, 3.05) is 18.9 Å². The molecule has 1 aliphatic carbocycles. The molecular formula is C18H36N3O5P. The van der Waals surface area contributed by atoms with Crippen LogP contribution in [0.2, 0.25) is 0 Å². The van der Waals surface area contributed by atoms with Crippen LogP contribution in [0.3, 0.4) is 0 Å². The second-order valence-corrected chi connectivity index (χ2v) is 10.6. The van der Waals surface area contributed by atoms with Crippen LogP contribution in [0.15, 0.2) is 0 Å². The Hall–Kier alpha value is -0.950. The number of carbonyl (C=O) groups excluding carboxylic acids is 2. The molecule has 8 nitrogen and oxygen atoms in total. The normalized spacial score (nSPS) is 21.1. The molecule has 0 aliphatic heterocycles. The van der Waals surface area contributed by atoms with Gasteiger partial charge in [0.2, 0.25) is 19.2 Å². The Bertz CT molecular complexity index is 535. The third-order valence-corrected chi connectivity index (χ3v) is 7.02. The Morgan fingerprint density at radius 1 is 1.15 bits per heavy atom. The van der Waals surface area contributed by atoms with E-state index >= 15 is 0 Å². The fourth-order valence-corrected chi connectivity index (χ4v) is 5.50. The third-order valence-electron chi connectivity index (χ3n) is 4.94. The van der Waals surface area contributed by atoms with Crippen molar-refractivity contribution in [3.8, 4) is 0 Å². The van der Waals surface area contributed by atoms with E-state index in [1.165, 1.54) is 13.3 Å². The first-order chi connectivity index (χ1) is 12.5. The summed E-state index contributed by atoms with van der Waals surface area (Å²) in [6, 6.07) is -1.51. The fourth-order valence-electron chi connectivity index (χ4n) is 3.39. The summed E-state index contributed by atoms with van der Waals surface area (Å²) in [4.78, 5) is 34.3. The lowest BCUT2D eigenvalue weighted by atomic mass is 9.91. The Labute approximate surface area is 162 Å². The van der Waals surface area contributed by atoms with E-state index in [2.05, 4.69) is 10.6 Å². The van der Waals surface area contributed by atoms with E-state index in [-0.39, 0.29) is 30.7 Å². The van der Waals surface area contributed by atoms with Crippen molar-refractivity contribution >= 4 is 19.2 Å². The number of rotatable bonds is 10. The molecule has 0 spiro atoms. The fraction of sp³-hybridized carbons (Fsp3) is 0.889. The molecule has 0 heterocycles. The van der Waals surface area contributed by atoms with Gasteiger partial charge >= 0.3 is 0 Å². The van der Waals surface area contributed by atoms with Crippen LogP contribution in [0.25, 0.3) is 0 Å². The van der Waals surface area contributed by atoms with Crippen LogP contribution in [-0.4, -0.2) is 58.9 Å².